The van der Waals surface area contributed by atoms with Crippen molar-refractivity contribution in [3.63, 3.8) is 0 Å². The van der Waals surface area contributed by atoms with E-state index in [4.69, 9.17) is 21.1 Å². The summed E-state index contributed by atoms with van der Waals surface area (Å²) in [5.41, 5.74) is 0.390. The summed E-state index contributed by atoms with van der Waals surface area (Å²) in [5.74, 6) is -0.989. The lowest BCUT2D eigenvalue weighted by atomic mass is 10.2. The Balaban J connectivity index is 1.73. The molecule has 1 atom stereocenters. The molecule has 0 spiro atoms. The molecule has 0 unspecified atom stereocenters. The average molecular weight is 495 g/mol. The van der Waals surface area contributed by atoms with Gasteiger partial charge in [0.2, 0.25) is 0 Å². The molecule has 0 aliphatic heterocycles. The summed E-state index contributed by atoms with van der Waals surface area (Å²) >= 11 is 6.70. The summed E-state index contributed by atoms with van der Waals surface area (Å²) in [4.78, 5) is 25.2. The van der Waals surface area contributed by atoms with Crippen molar-refractivity contribution < 1.29 is 27.5 Å². The van der Waals surface area contributed by atoms with Gasteiger partial charge in [-0.2, -0.15) is 0 Å². The molecule has 3 rings (SSSR count). The number of amides is 1. The minimum atomic E-state index is -3.96. The number of anilines is 2. The first-order valence-corrected chi connectivity index (χ1v) is 11.9. The van der Waals surface area contributed by atoms with Crippen LogP contribution in [0.2, 0.25) is 4.34 Å². The van der Waals surface area contributed by atoms with E-state index in [0.717, 1.165) is 11.3 Å². The molecule has 0 fully saturated rings. The first-order valence-electron chi connectivity index (χ1n) is 9.23. The molecule has 2 aromatic carbocycles. The van der Waals surface area contributed by atoms with E-state index >= 15 is 0 Å². The third kappa shape index (κ3) is 5.58. The van der Waals surface area contributed by atoms with Crippen LogP contribution < -0.4 is 14.8 Å². The molecule has 11 heteroatoms. The predicted octanol–water partition coefficient (Wildman–Crippen LogP) is 4.39. The Morgan fingerprint density at radius 2 is 1.66 bits per heavy atom. The van der Waals surface area contributed by atoms with Gasteiger partial charge in [0.15, 0.2) is 6.10 Å². The van der Waals surface area contributed by atoms with Crippen LogP contribution in [0.5, 0.6) is 5.75 Å². The van der Waals surface area contributed by atoms with Gasteiger partial charge in [0.1, 0.15) is 9.96 Å². The maximum atomic E-state index is 12.7. The molecule has 0 aliphatic carbocycles. The van der Waals surface area contributed by atoms with Gasteiger partial charge in [0, 0.05) is 0 Å². The summed E-state index contributed by atoms with van der Waals surface area (Å²) in [7, 11) is -2.49. The number of rotatable bonds is 8. The molecule has 0 aliphatic rings. The van der Waals surface area contributed by atoms with Gasteiger partial charge in [-0.3, -0.25) is 9.52 Å². The fourth-order valence-electron chi connectivity index (χ4n) is 2.65. The van der Waals surface area contributed by atoms with E-state index in [9.17, 15) is 18.0 Å². The van der Waals surface area contributed by atoms with Gasteiger partial charge in [-0.05, 0) is 43.3 Å². The Bertz CT molecular complexity index is 1240. The van der Waals surface area contributed by atoms with E-state index in [1.165, 1.54) is 38.3 Å². The van der Waals surface area contributed by atoms with E-state index in [2.05, 4.69) is 10.0 Å². The quantitative estimate of drug-likeness (QED) is 0.449. The minimum absolute atomic E-state index is 0.00442. The number of nitrogens with one attached hydrogen (secondary N) is 2. The number of para-hydroxylation sites is 3. The molecular formula is C21H19ClN2O6S2. The molecule has 1 amide bonds. The van der Waals surface area contributed by atoms with Gasteiger partial charge < -0.3 is 14.8 Å². The molecule has 0 bridgehead atoms. The average Bonchev–Trinajstić information content (AvgIpc) is 3.21. The minimum Gasteiger partial charge on any atom is -0.495 e. The van der Waals surface area contributed by atoms with Crippen molar-refractivity contribution in [1.82, 2.24) is 0 Å². The molecule has 2 N–H and O–H groups in total. The van der Waals surface area contributed by atoms with Crippen LogP contribution in [-0.4, -0.2) is 33.5 Å². The smallest absolute Gasteiger partial charge is 0.341 e. The summed E-state index contributed by atoms with van der Waals surface area (Å²) in [6, 6.07) is 15.5. The highest BCUT2D eigenvalue weighted by Crippen LogP contribution is 2.28. The zero-order valence-electron chi connectivity index (χ0n) is 17.0. The standard InChI is InChI=1S/C21H19ClN2O6S2/c1-13(20(25)23-16-9-5-6-10-17(16)29-2)30-21(26)14-7-3-4-8-15(14)24-32(27,28)19-12-11-18(22)31-19/h3-13,24H,1-2H3,(H,23,25)/t13-/m0/s1. The normalized spacial score (nSPS) is 12.0. The van der Waals surface area contributed by atoms with Crippen LogP contribution >= 0.6 is 22.9 Å². The highest BCUT2D eigenvalue weighted by atomic mass is 35.5. The van der Waals surface area contributed by atoms with Gasteiger partial charge in [0.25, 0.3) is 15.9 Å². The lowest BCUT2D eigenvalue weighted by molar-refractivity contribution is -0.123. The Morgan fingerprint density at radius 3 is 2.31 bits per heavy atom. The van der Waals surface area contributed by atoms with Gasteiger partial charge >= 0.3 is 5.97 Å². The van der Waals surface area contributed by atoms with E-state index in [1.54, 1.807) is 36.4 Å². The second-order valence-corrected chi connectivity index (χ2v) is 10.1. The number of esters is 1. The van der Waals surface area contributed by atoms with E-state index in [-0.39, 0.29) is 15.5 Å². The summed E-state index contributed by atoms with van der Waals surface area (Å²) in [6.45, 7) is 1.41. The van der Waals surface area contributed by atoms with Crippen molar-refractivity contribution in [2.45, 2.75) is 17.2 Å². The van der Waals surface area contributed by atoms with Gasteiger partial charge in [-0.1, -0.05) is 35.9 Å². The van der Waals surface area contributed by atoms with Gasteiger partial charge in [-0.25, -0.2) is 13.2 Å². The number of hydrogen-bond donors (Lipinski definition) is 2. The number of sulfonamides is 1. The van der Waals surface area contributed by atoms with Crippen LogP contribution in [0.1, 0.15) is 17.3 Å². The lowest BCUT2D eigenvalue weighted by Gasteiger charge is -2.16. The van der Waals surface area contributed by atoms with E-state index in [1.807, 2.05) is 0 Å². The van der Waals surface area contributed by atoms with Crippen LogP contribution in [0.3, 0.4) is 0 Å². The molecule has 1 heterocycles. The van der Waals surface area contributed by atoms with E-state index in [0.29, 0.717) is 15.8 Å². The Kier molecular flexibility index (Phi) is 7.39. The topological polar surface area (TPSA) is 111 Å². The third-order valence-corrected chi connectivity index (χ3v) is 7.31. The first kappa shape index (κ1) is 23.6. The van der Waals surface area contributed by atoms with Gasteiger partial charge in [0.05, 0.1) is 28.4 Å². The third-order valence-electron chi connectivity index (χ3n) is 4.22. The first-order chi connectivity index (χ1) is 15.2. The van der Waals surface area contributed by atoms with Crippen LogP contribution in [-0.2, 0) is 19.6 Å². The molecule has 8 nitrogen and oxygen atoms in total. The monoisotopic (exact) mass is 494 g/mol. The molecular weight excluding hydrogens is 476 g/mol. The second kappa shape index (κ2) is 10.0. The van der Waals surface area contributed by atoms with Crippen LogP contribution in [0.25, 0.3) is 0 Å². The van der Waals surface area contributed by atoms with Crippen molar-refractivity contribution in [2.24, 2.45) is 0 Å². The van der Waals surface area contributed by atoms with Crippen molar-refractivity contribution in [3.8, 4) is 5.75 Å². The number of hydrogen-bond acceptors (Lipinski definition) is 7. The van der Waals surface area contributed by atoms with Crippen LogP contribution in [0.4, 0.5) is 11.4 Å². The maximum Gasteiger partial charge on any atom is 0.341 e. The predicted molar refractivity (Wildman–Crippen MR) is 123 cm³/mol. The fourth-order valence-corrected chi connectivity index (χ4v) is 5.21. The number of thiophene rings is 1. The Hall–Kier alpha value is -3.08. The van der Waals surface area contributed by atoms with Crippen molar-refractivity contribution in [3.05, 3.63) is 70.6 Å². The lowest BCUT2D eigenvalue weighted by Crippen LogP contribution is -2.30. The summed E-state index contributed by atoms with van der Waals surface area (Å²) in [5, 5.41) is 2.63. The summed E-state index contributed by atoms with van der Waals surface area (Å²) in [6.07, 6.45) is -1.16. The fraction of sp³-hybridized carbons (Fsp3) is 0.143. The molecule has 32 heavy (non-hydrogen) atoms. The highest BCUT2D eigenvalue weighted by molar-refractivity contribution is 7.94. The van der Waals surface area contributed by atoms with Gasteiger partial charge in [-0.15, -0.1) is 11.3 Å². The molecule has 0 radical (unpaired) electrons. The number of halogens is 1. The zero-order valence-corrected chi connectivity index (χ0v) is 19.4. The Morgan fingerprint density at radius 1 is 1.00 bits per heavy atom. The number of carbonyl (C=O) groups is 2. The number of methoxy groups -OCH3 is 1. The molecule has 0 saturated heterocycles. The van der Waals surface area contributed by atoms with Crippen molar-refractivity contribution in [2.75, 3.05) is 17.1 Å². The zero-order chi connectivity index (χ0) is 23.3. The van der Waals surface area contributed by atoms with Crippen molar-refractivity contribution in [1.29, 1.82) is 0 Å². The van der Waals surface area contributed by atoms with E-state index < -0.39 is 28.0 Å². The SMILES string of the molecule is COc1ccccc1NC(=O)[C@H](C)OC(=O)c1ccccc1NS(=O)(=O)c1ccc(Cl)s1. The molecule has 1 aromatic heterocycles. The Labute approximate surface area is 194 Å². The summed E-state index contributed by atoms with van der Waals surface area (Å²) < 4.78 is 38.3. The number of benzene rings is 2. The van der Waals surface area contributed by atoms with Crippen LogP contribution in [0, 0.1) is 0 Å². The highest BCUT2D eigenvalue weighted by Gasteiger charge is 2.24. The van der Waals surface area contributed by atoms with Crippen molar-refractivity contribution >= 4 is 56.2 Å². The molecule has 0 saturated carbocycles. The largest absolute Gasteiger partial charge is 0.495 e. The number of carbonyl (C=O) groups excluding carboxylic acids is 2. The molecule has 3 aromatic rings. The maximum absolute atomic E-state index is 12.7. The number of ether oxygens (including phenoxy) is 2. The van der Waals surface area contributed by atoms with Crippen LogP contribution in [0.15, 0.2) is 64.9 Å². The second-order valence-electron chi connectivity index (χ2n) is 6.45. The molecule has 168 valence electrons.